The van der Waals surface area contributed by atoms with Gasteiger partial charge in [0.25, 0.3) is 0 Å². The third kappa shape index (κ3) is 2.42. The Kier molecular flexibility index (Phi) is 3.93. The average molecular weight is 225 g/mol. The molecule has 3 unspecified atom stereocenters. The van der Waals surface area contributed by atoms with E-state index in [2.05, 4.69) is 15.5 Å². The molecule has 1 fully saturated rings. The number of hydrogen-bond acceptors (Lipinski definition) is 4. The molecule has 5 nitrogen and oxygen atoms in total. The van der Waals surface area contributed by atoms with Crippen LogP contribution in [0.4, 0.5) is 0 Å². The van der Waals surface area contributed by atoms with Crippen LogP contribution in [-0.4, -0.2) is 42.2 Å². The van der Waals surface area contributed by atoms with E-state index < -0.39 is 0 Å². The maximum absolute atomic E-state index is 5.57. The Bertz CT molecular complexity index is 302. The van der Waals surface area contributed by atoms with Crippen molar-refractivity contribution in [3.05, 3.63) is 18.0 Å². The Balaban J connectivity index is 1.75. The van der Waals surface area contributed by atoms with Gasteiger partial charge in [0.15, 0.2) is 0 Å². The zero-order chi connectivity index (χ0) is 11.4. The van der Waals surface area contributed by atoms with Crippen molar-refractivity contribution in [2.45, 2.75) is 38.1 Å². The normalized spacial score (nSPS) is 29.0. The molecule has 0 bridgehead atoms. The van der Waals surface area contributed by atoms with Gasteiger partial charge in [0, 0.05) is 38.1 Å². The molecule has 0 radical (unpaired) electrons. The lowest BCUT2D eigenvalue weighted by atomic mass is 9.85. The van der Waals surface area contributed by atoms with E-state index in [-0.39, 0.29) is 12.2 Å². The highest BCUT2D eigenvalue weighted by molar-refractivity contribution is 5.04. The van der Waals surface area contributed by atoms with Crippen molar-refractivity contribution in [2.24, 2.45) is 0 Å². The quantitative estimate of drug-likeness (QED) is 0.748. The molecule has 2 rings (SSSR count). The van der Waals surface area contributed by atoms with Crippen LogP contribution in [0.1, 0.15) is 18.9 Å². The molecule has 0 aliphatic heterocycles. The summed E-state index contributed by atoms with van der Waals surface area (Å²) in [4.78, 5) is 0. The van der Waals surface area contributed by atoms with E-state index >= 15 is 0 Å². The molecule has 0 spiro atoms. The minimum Gasteiger partial charge on any atom is -0.377 e. The number of H-pyrrole nitrogens is 1. The fourth-order valence-corrected chi connectivity index (χ4v) is 2.10. The van der Waals surface area contributed by atoms with E-state index in [0.29, 0.717) is 6.04 Å². The van der Waals surface area contributed by atoms with Crippen molar-refractivity contribution in [1.82, 2.24) is 15.5 Å². The Morgan fingerprint density at radius 2 is 2.50 bits per heavy atom. The van der Waals surface area contributed by atoms with E-state index in [1.165, 1.54) is 0 Å². The molecule has 1 aromatic rings. The zero-order valence-electron chi connectivity index (χ0n) is 9.77. The van der Waals surface area contributed by atoms with Gasteiger partial charge in [0.05, 0.1) is 18.4 Å². The van der Waals surface area contributed by atoms with Gasteiger partial charge in [-0.2, -0.15) is 5.10 Å². The molecule has 1 aliphatic rings. The van der Waals surface area contributed by atoms with Gasteiger partial charge < -0.3 is 14.8 Å². The summed E-state index contributed by atoms with van der Waals surface area (Å²) in [6, 6.07) is 0.386. The Hall–Kier alpha value is -0.910. The van der Waals surface area contributed by atoms with Gasteiger partial charge in [-0.05, 0) is 13.3 Å². The van der Waals surface area contributed by atoms with Gasteiger partial charge in [0.2, 0.25) is 0 Å². The van der Waals surface area contributed by atoms with E-state index in [0.717, 1.165) is 25.1 Å². The van der Waals surface area contributed by atoms with Gasteiger partial charge >= 0.3 is 0 Å². The molecule has 90 valence electrons. The molecule has 16 heavy (non-hydrogen) atoms. The fourth-order valence-electron chi connectivity index (χ4n) is 2.10. The fraction of sp³-hybridized carbons (Fsp3) is 0.727. The number of methoxy groups -OCH3 is 1. The van der Waals surface area contributed by atoms with Gasteiger partial charge in [-0.1, -0.05) is 0 Å². The molecular formula is C11H19N3O2. The number of rotatable bonds is 6. The first-order valence-corrected chi connectivity index (χ1v) is 5.70. The zero-order valence-corrected chi connectivity index (χ0v) is 9.77. The van der Waals surface area contributed by atoms with Crippen LogP contribution in [-0.2, 0) is 16.0 Å². The number of aromatic nitrogens is 2. The topological polar surface area (TPSA) is 59.2 Å². The van der Waals surface area contributed by atoms with Crippen LogP contribution in [0.2, 0.25) is 0 Å². The summed E-state index contributed by atoms with van der Waals surface area (Å²) in [5.41, 5.74) is 1.16. The second-order valence-corrected chi connectivity index (χ2v) is 4.02. The van der Waals surface area contributed by atoms with Crippen molar-refractivity contribution in [3.63, 3.8) is 0 Å². The van der Waals surface area contributed by atoms with Crippen LogP contribution < -0.4 is 5.32 Å². The minimum atomic E-state index is 0.173. The van der Waals surface area contributed by atoms with Crippen molar-refractivity contribution in [3.8, 4) is 0 Å². The smallest absolute Gasteiger partial charge is 0.0986 e. The molecule has 2 N–H and O–H groups in total. The molecule has 5 heteroatoms. The van der Waals surface area contributed by atoms with Gasteiger partial charge in [-0.25, -0.2) is 0 Å². The van der Waals surface area contributed by atoms with Crippen molar-refractivity contribution >= 4 is 0 Å². The summed E-state index contributed by atoms with van der Waals surface area (Å²) in [6.07, 6.45) is 5.16. The molecule has 0 aromatic carbocycles. The first-order chi connectivity index (χ1) is 7.85. The lowest BCUT2D eigenvalue weighted by Crippen LogP contribution is -2.59. The van der Waals surface area contributed by atoms with Crippen LogP contribution in [0.3, 0.4) is 0 Å². The highest BCUT2D eigenvalue weighted by Crippen LogP contribution is 2.27. The van der Waals surface area contributed by atoms with Crippen LogP contribution in [0, 0.1) is 0 Å². The third-order valence-electron chi connectivity index (χ3n) is 3.03. The molecule has 1 aromatic heterocycles. The van der Waals surface area contributed by atoms with Crippen molar-refractivity contribution in [1.29, 1.82) is 0 Å². The predicted molar refractivity (Wildman–Crippen MR) is 60.0 cm³/mol. The number of nitrogens with zero attached hydrogens (tertiary/aromatic N) is 1. The minimum absolute atomic E-state index is 0.173. The lowest BCUT2D eigenvalue weighted by Gasteiger charge is -2.43. The summed E-state index contributed by atoms with van der Waals surface area (Å²) in [6.45, 7) is 3.58. The largest absolute Gasteiger partial charge is 0.377 e. The van der Waals surface area contributed by atoms with E-state index in [9.17, 15) is 0 Å². The first-order valence-electron chi connectivity index (χ1n) is 5.70. The Labute approximate surface area is 95.5 Å². The summed E-state index contributed by atoms with van der Waals surface area (Å²) < 4.78 is 11.0. The average Bonchev–Trinajstić information content (AvgIpc) is 2.75. The number of hydrogen-bond donors (Lipinski definition) is 2. The number of aromatic amines is 1. The van der Waals surface area contributed by atoms with Crippen LogP contribution in [0.15, 0.2) is 12.4 Å². The van der Waals surface area contributed by atoms with Crippen LogP contribution in [0.25, 0.3) is 0 Å². The van der Waals surface area contributed by atoms with Gasteiger partial charge in [-0.15, -0.1) is 0 Å². The maximum atomic E-state index is 5.57. The summed E-state index contributed by atoms with van der Waals surface area (Å²) in [5, 5.41) is 10.2. The number of nitrogens with one attached hydrogen (secondary N) is 2. The van der Waals surface area contributed by atoms with Crippen LogP contribution >= 0.6 is 0 Å². The van der Waals surface area contributed by atoms with Gasteiger partial charge in [-0.3, -0.25) is 5.10 Å². The third-order valence-corrected chi connectivity index (χ3v) is 3.03. The first kappa shape index (κ1) is 11.6. The molecule has 1 saturated carbocycles. The number of ether oxygens (including phenoxy) is 2. The van der Waals surface area contributed by atoms with E-state index in [1.54, 1.807) is 7.11 Å². The van der Waals surface area contributed by atoms with Crippen molar-refractivity contribution in [2.75, 3.05) is 13.7 Å². The summed E-state index contributed by atoms with van der Waals surface area (Å²) in [5.74, 6) is 0. The Morgan fingerprint density at radius 3 is 3.12 bits per heavy atom. The molecule has 0 saturated heterocycles. The summed E-state index contributed by atoms with van der Waals surface area (Å²) >= 11 is 0. The molecular weight excluding hydrogens is 206 g/mol. The monoisotopic (exact) mass is 225 g/mol. The highest BCUT2D eigenvalue weighted by Gasteiger charge is 2.41. The lowest BCUT2D eigenvalue weighted by molar-refractivity contribution is -0.131. The molecule has 0 amide bonds. The molecule has 3 atom stereocenters. The van der Waals surface area contributed by atoms with E-state index in [4.69, 9.17) is 9.47 Å². The second kappa shape index (κ2) is 5.43. The predicted octanol–water partition coefficient (Wildman–Crippen LogP) is 0.692. The van der Waals surface area contributed by atoms with E-state index in [1.807, 2.05) is 19.3 Å². The van der Waals surface area contributed by atoms with Crippen LogP contribution in [0.5, 0.6) is 0 Å². The molecule has 1 aliphatic carbocycles. The standard InChI is InChI=1S/C11H19N3O2/c1-3-16-10-4-9(11(10)15-2)12-5-8-6-13-14-7-8/h6-7,9-12H,3-5H2,1-2H3,(H,13,14). The Morgan fingerprint density at radius 1 is 1.62 bits per heavy atom. The molecule has 1 heterocycles. The maximum Gasteiger partial charge on any atom is 0.0986 e. The van der Waals surface area contributed by atoms with Crippen molar-refractivity contribution < 1.29 is 9.47 Å². The SMILES string of the molecule is CCOC1CC(NCc2cn[nH]c2)C1OC. The highest BCUT2D eigenvalue weighted by atomic mass is 16.5. The second-order valence-electron chi connectivity index (χ2n) is 4.02. The summed E-state index contributed by atoms with van der Waals surface area (Å²) in [7, 11) is 1.74. The van der Waals surface area contributed by atoms with Gasteiger partial charge in [0.1, 0.15) is 0 Å².